The van der Waals surface area contributed by atoms with Crippen LogP contribution in [-0.4, -0.2) is 39.0 Å². The summed E-state index contributed by atoms with van der Waals surface area (Å²) in [5.41, 5.74) is 0.554. The summed E-state index contributed by atoms with van der Waals surface area (Å²) in [7, 11) is 0. The molecule has 2 aromatic heterocycles. The SMILES string of the molecule is CCOC(=O)c1nnn(CC(F)F)c1-c1cccnc1. The summed E-state index contributed by atoms with van der Waals surface area (Å²) in [5.74, 6) is -0.702. The first-order valence-corrected chi connectivity index (χ1v) is 5.92. The third kappa shape index (κ3) is 2.95. The van der Waals surface area contributed by atoms with Gasteiger partial charge in [-0.15, -0.1) is 5.10 Å². The number of rotatable bonds is 5. The zero-order valence-corrected chi connectivity index (χ0v) is 10.7. The summed E-state index contributed by atoms with van der Waals surface area (Å²) in [6.07, 6.45) is 0.375. The van der Waals surface area contributed by atoms with Gasteiger partial charge in [0.15, 0.2) is 5.69 Å². The number of nitrogens with zero attached hydrogens (tertiary/aromatic N) is 4. The van der Waals surface area contributed by atoms with E-state index in [2.05, 4.69) is 15.3 Å². The van der Waals surface area contributed by atoms with Crippen LogP contribution < -0.4 is 0 Å². The number of carbonyl (C=O) groups excluding carboxylic acids is 1. The van der Waals surface area contributed by atoms with Crippen molar-refractivity contribution in [1.29, 1.82) is 0 Å². The maximum atomic E-state index is 12.6. The largest absolute Gasteiger partial charge is 0.461 e. The molecule has 0 saturated carbocycles. The molecule has 0 radical (unpaired) electrons. The summed E-state index contributed by atoms with van der Waals surface area (Å²) in [5, 5.41) is 7.24. The van der Waals surface area contributed by atoms with Crippen molar-refractivity contribution in [2.45, 2.75) is 19.9 Å². The molecule has 0 atom stereocenters. The van der Waals surface area contributed by atoms with E-state index in [-0.39, 0.29) is 18.0 Å². The summed E-state index contributed by atoms with van der Waals surface area (Å²) >= 11 is 0. The van der Waals surface area contributed by atoms with E-state index in [1.807, 2.05) is 0 Å². The molecule has 0 bridgehead atoms. The van der Waals surface area contributed by atoms with Gasteiger partial charge in [0.1, 0.15) is 12.2 Å². The highest BCUT2D eigenvalue weighted by Gasteiger charge is 2.23. The van der Waals surface area contributed by atoms with Gasteiger partial charge in [0.25, 0.3) is 6.43 Å². The molecule has 20 heavy (non-hydrogen) atoms. The van der Waals surface area contributed by atoms with Crippen LogP contribution in [0.5, 0.6) is 0 Å². The Balaban J connectivity index is 2.48. The van der Waals surface area contributed by atoms with E-state index in [0.717, 1.165) is 4.68 Å². The molecule has 2 rings (SSSR count). The second-order valence-electron chi connectivity index (χ2n) is 3.82. The molecule has 2 heterocycles. The van der Waals surface area contributed by atoms with E-state index >= 15 is 0 Å². The van der Waals surface area contributed by atoms with Crippen molar-refractivity contribution in [3.05, 3.63) is 30.2 Å². The van der Waals surface area contributed by atoms with Crippen molar-refractivity contribution in [1.82, 2.24) is 20.0 Å². The van der Waals surface area contributed by atoms with Gasteiger partial charge in [0.05, 0.1) is 6.61 Å². The van der Waals surface area contributed by atoms with Crippen LogP contribution in [0.1, 0.15) is 17.4 Å². The van der Waals surface area contributed by atoms with Crippen LogP contribution in [0.25, 0.3) is 11.3 Å². The van der Waals surface area contributed by atoms with Crippen molar-refractivity contribution in [3.63, 3.8) is 0 Å². The lowest BCUT2D eigenvalue weighted by Crippen LogP contribution is -2.11. The Kier molecular flexibility index (Phi) is 4.34. The van der Waals surface area contributed by atoms with Crippen LogP contribution in [0.2, 0.25) is 0 Å². The number of aromatic nitrogens is 4. The van der Waals surface area contributed by atoms with E-state index in [0.29, 0.717) is 5.56 Å². The van der Waals surface area contributed by atoms with Gasteiger partial charge in [-0.1, -0.05) is 5.21 Å². The Morgan fingerprint density at radius 1 is 1.50 bits per heavy atom. The lowest BCUT2D eigenvalue weighted by Gasteiger charge is -2.07. The molecule has 0 aliphatic heterocycles. The Morgan fingerprint density at radius 2 is 2.30 bits per heavy atom. The van der Waals surface area contributed by atoms with Crippen molar-refractivity contribution in [3.8, 4) is 11.3 Å². The number of carbonyl (C=O) groups is 1. The van der Waals surface area contributed by atoms with Crippen LogP contribution in [0.3, 0.4) is 0 Å². The van der Waals surface area contributed by atoms with Crippen LogP contribution in [0.15, 0.2) is 24.5 Å². The van der Waals surface area contributed by atoms with Crippen LogP contribution in [0.4, 0.5) is 8.78 Å². The zero-order valence-electron chi connectivity index (χ0n) is 10.7. The first-order chi connectivity index (χ1) is 9.63. The fourth-order valence-electron chi connectivity index (χ4n) is 1.70. The first-order valence-electron chi connectivity index (χ1n) is 5.92. The van der Waals surface area contributed by atoms with Gasteiger partial charge >= 0.3 is 5.97 Å². The Labute approximate surface area is 113 Å². The molecular formula is C12H12F2N4O2. The molecule has 106 valence electrons. The molecule has 0 N–H and O–H groups in total. The van der Waals surface area contributed by atoms with E-state index in [9.17, 15) is 13.6 Å². The van der Waals surface area contributed by atoms with E-state index in [4.69, 9.17) is 4.74 Å². The summed E-state index contributed by atoms with van der Waals surface area (Å²) in [4.78, 5) is 15.7. The number of hydrogen-bond donors (Lipinski definition) is 0. The van der Waals surface area contributed by atoms with Gasteiger partial charge in [0.2, 0.25) is 0 Å². The van der Waals surface area contributed by atoms with Gasteiger partial charge in [-0.25, -0.2) is 18.3 Å². The predicted octanol–water partition coefficient (Wildman–Crippen LogP) is 1.78. The number of esters is 1. The highest BCUT2D eigenvalue weighted by molar-refractivity contribution is 5.93. The fourth-order valence-corrected chi connectivity index (χ4v) is 1.70. The van der Waals surface area contributed by atoms with Crippen molar-refractivity contribution in [2.75, 3.05) is 6.61 Å². The standard InChI is InChI=1S/C12H12F2N4O2/c1-2-20-12(19)10-11(8-4-3-5-15-6-8)18(17-16-10)7-9(13)14/h3-6,9H,2,7H2,1H3. The van der Waals surface area contributed by atoms with Crippen LogP contribution in [-0.2, 0) is 11.3 Å². The molecule has 0 aromatic carbocycles. The number of pyridine rings is 1. The monoisotopic (exact) mass is 282 g/mol. The molecule has 0 fully saturated rings. The topological polar surface area (TPSA) is 69.9 Å². The van der Waals surface area contributed by atoms with Crippen molar-refractivity contribution >= 4 is 5.97 Å². The number of hydrogen-bond acceptors (Lipinski definition) is 5. The Morgan fingerprint density at radius 3 is 2.90 bits per heavy atom. The van der Waals surface area contributed by atoms with Gasteiger partial charge in [-0.2, -0.15) is 0 Å². The maximum absolute atomic E-state index is 12.6. The summed E-state index contributed by atoms with van der Waals surface area (Å²) in [6, 6.07) is 3.26. The average molecular weight is 282 g/mol. The quantitative estimate of drug-likeness (QED) is 0.782. The van der Waals surface area contributed by atoms with Crippen LogP contribution in [0, 0.1) is 0 Å². The molecule has 0 saturated heterocycles. The second kappa shape index (κ2) is 6.18. The van der Waals surface area contributed by atoms with Crippen LogP contribution >= 0.6 is 0 Å². The molecule has 0 aliphatic rings. The molecule has 2 aromatic rings. The minimum absolute atomic E-state index is 0.0968. The molecule has 8 heteroatoms. The summed E-state index contributed by atoms with van der Waals surface area (Å²) in [6.45, 7) is 1.15. The average Bonchev–Trinajstić information content (AvgIpc) is 2.83. The molecular weight excluding hydrogens is 270 g/mol. The van der Waals surface area contributed by atoms with Crippen molar-refractivity contribution in [2.24, 2.45) is 0 Å². The fraction of sp³-hybridized carbons (Fsp3) is 0.333. The third-order valence-electron chi connectivity index (χ3n) is 2.45. The van der Waals surface area contributed by atoms with Gasteiger partial charge in [0, 0.05) is 18.0 Å². The van der Waals surface area contributed by atoms with E-state index in [1.54, 1.807) is 19.1 Å². The predicted molar refractivity (Wildman–Crippen MR) is 65.2 cm³/mol. The molecule has 0 aliphatic carbocycles. The molecule has 6 nitrogen and oxygen atoms in total. The zero-order chi connectivity index (χ0) is 14.5. The van der Waals surface area contributed by atoms with E-state index < -0.39 is 18.9 Å². The number of ether oxygens (including phenoxy) is 1. The highest BCUT2D eigenvalue weighted by atomic mass is 19.3. The molecule has 0 unspecified atom stereocenters. The molecule has 0 spiro atoms. The van der Waals surface area contributed by atoms with Crippen molar-refractivity contribution < 1.29 is 18.3 Å². The van der Waals surface area contributed by atoms with Gasteiger partial charge in [-0.05, 0) is 19.1 Å². The smallest absolute Gasteiger partial charge is 0.361 e. The number of alkyl halides is 2. The third-order valence-corrected chi connectivity index (χ3v) is 2.45. The second-order valence-corrected chi connectivity index (χ2v) is 3.82. The molecule has 0 amide bonds. The Hall–Kier alpha value is -2.38. The highest BCUT2D eigenvalue weighted by Crippen LogP contribution is 2.22. The minimum atomic E-state index is -2.61. The van der Waals surface area contributed by atoms with Gasteiger partial charge in [-0.3, -0.25) is 4.98 Å². The van der Waals surface area contributed by atoms with Gasteiger partial charge < -0.3 is 4.74 Å². The lowest BCUT2D eigenvalue weighted by atomic mass is 10.1. The lowest BCUT2D eigenvalue weighted by molar-refractivity contribution is 0.0520. The van der Waals surface area contributed by atoms with E-state index in [1.165, 1.54) is 12.4 Å². The Bertz CT molecular complexity index is 586. The minimum Gasteiger partial charge on any atom is -0.461 e. The number of halogens is 2. The normalized spacial score (nSPS) is 10.8. The summed E-state index contributed by atoms with van der Waals surface area (Å²) < 4.78 is 30.9. The maximum Gasteiger partial charge on any atom is 0.361 e. The first kappa shape index (κ1) is 14.0.